The smallest absolute Gasteiger partial charge is 0.138 e. The molecule has 1 aromatic heterocycles. The minimum absolute atomic E-state index is 0.144. The Morgan fingerprint density at radius 1 is 1.05 bits per heavy atom. The van der Waals surface area contributed by atoms with Crippen molar-refractivity contribution in [1.29, 1.82) is 0 Å². The van der Waals surface area contributed by atoms with Gasteiger partial charge in [0.2, 0.25) is 0 Å². The van der Waals surface area contributed by atoms with Crippen molar-refractivity contribution in [3.8, 4) is 11.1 Å². The average Bonchev–Trinajstić information content (AvgIpc) is 3.42. The van der Waals surface area contributed by atoms with Crippen LogP contribution in [-0.4, -0.2) is 30.4 Å². The zero-order valence-electron chi connectivity index (χ0n) is 23.0. The van der Waals surface area contributed by atoms with Crippen molar-refractivity contribution in [2.75, 3.05) is 23.3 Å². The van der Waals surface area contributed by atoms with Gasteiger partial charge in [0.25, 0.3) is 0 Å². The van der Waals surface area contributed by atoms with Gasteiger partial charge < -0.3 is 15.1 Å². The summed E-state index contributed by atoms with van der Waals surface area (Å²) < 4.78 is 27.9. The summed E-state index contributed by atoms with van der Waals surface area (Å²) in [5.74, 6) is 0.441. The third kappa shape index (κ3) is 5.89. The monoisotopic (exact) mass is 569 g/mol. The number of aliphatic imine (C=N–C) groups is 1. The Kier molecular flexibility index (Phi) is 7.85. The highest BCUT2D eigenvalue weighted by atomic mass is 32.1. The molecule has 0 aliphatic carbocycles. The molecular weight excluding hydrogens is 536 g/mol. The summed E-state index contributed by atoms with van der Waals surface area (Å²) >= 11 is 1.64. The molecule has 1 atom stereocenters. The van der Waals surface area contributed by atoms with E-state index < -0.39 is 0 Å². The molecule has 1 unspecified atom stereocenters. The molecule has 0 amide bonds. The van der Waals surface area contributed by atoms with Crippen LogP contribution in [0.5, 0.6) is 0 Å². The van der Waals surface area contributed by atoms with E-state index in [2.05, 4.69) is 51.4 Å². The first-order valence-electron chi connectivity index (χ1n) is 13.9. The number of hydrogen-bond acceptors (Lipinski definition) is 6. The van der Waals surface area contributed by atoms with Gasteiger partial charge in [-0.25, -0.2) is 8.78 Å². The van der Waals surface area contributed by atoms with E-state index in [0.717, 1.165) is 70.3 Å². The Morgan fingerprint density at radius 2 is 1.80 bits per heavy atom. The first-order chi connectivity index (χ1) is 20.0. The predicted octanol–water partition coefficient (Wildman–Crippen LogP) is 7.69. The molecule has 210 valence electrons. The van der Waals surface area contributed by atoms with Gasteiger partial charge in [-0.05, 0) is 66.8 Å². The molecule has 6 rings (SSSR count). The molecule has 8 heteroatoms. The Balaban J connectivity index is 1.13. The number of rotatable bonds is 8. The lowest BCUT2D eigenvalue weighted by molar-refractivity contribution is 0.228. The number of likely N-dealkylation sites (tertiary alicyclic amines) is 1. The summed E-state index contributed by atoms with van der Waals surface area (Å²) in [7, 11) is 0. The number of fused-ring (bicyclic) bond motifs is 1. The number of para-hydroxylation sites is 1. The van der Waals surface area contributed by atoms with Gasteiger partial charge in [0.05, 0.1) is 16.9 Å². The van der Waals surface area contributed by atoms with Crippen molar-refractivity contribution < 1.29 is 8.78 Å². The summed E-state index contributed by atoms with van der Waals surface area (Å²) in [4.78, 5) is 10.3. The number of halogens is 2. The SMILES string of the molecule is C=C(N1CCC(NC2N=CNc3c(-c4cccc(F)c4)csc32)CC1)N(Cc1cccc(F)c1)c1ccccc1C. The topological polar surface area (TPSA) is 42.9 Å². The number of nitrogens with one attached hydrogen (secondary N) is 2. The van der Waals surface area contributed by atoms with Crippen molar-refractivity contribution in [1.82, 2.24) is 10.2 Å². The standard InChI is InChI=1S/C33H33F2N5S/c1-22-7-3-4-12-30(22)40(19-24-8-5-10-26(34)17-24)23(2)39-15-13-28(14-16-39)38-33-32-31(36-21-37-33)29(20-41-32)25-9-6-11-27(35)18-25/h3-12,17-18,20-21,28,33,38H,2,13-16,19H2,1H3,(H,36,37). The minimum atomic E-state index is -0.244. The van der Waals surface area contributed by atoms with E-state index in [1.165, 1.54) is 12.1 Å². The number of nitrogens with zero attached hydrogens (tertiary/aromatic N) is 3. The van der Waals surface area contributed by atoms with E-state index in [-0.39, 0.29) is 17.8 Å². The molecule has 2 aliphatic heterocycles. The number of piperidine rings is 1. The van der Waals surface area contributed by atoms with Crippen molar-refractivity contribution >= 4 is 29.1 Å². The fourth-order valence-electron chi connectivity index (χ4n) is 5.65. The van der Waals surface area contributed by atoms with Crippen LogP contribution >= 0.6 is 11.3 Å². The quantitative estimate of drug-likeness (QED) is 0.228. The van der Waals surface area contributed by atoms with Crippen LogP contribution in [0.3, 0.4) is 0 Å². The Hall–Kier alpha value is -4.01. The minimum Gasteiger partial charge on any atom is -0.358 e. The third-order valence-corrected chi connectivity index (χ3v) is 8.87. The molecule has 1 fully saturated rings. The van der Waals surface area contributed by atoms with Crippen LogP contribution in [0.4, 0.5) is 20.2 Å². The van der Waals surface area contributed by atoms with Crippen LogP contribution in [-0.2, 0) is 6.54 Å². The second kappa shape index (κ2) is 11.8. The zero-order valence-corrected chi connectivity index (χ0v) is 23.8. The number of anilines is 2. The largest absolute Gasteiger partial charge is 0.358 e. The molecule has 41 heavy (non-hydrogen) atoms. The fourth-order valence-corrected chi connectivity index (χ4v) is 6.70. The van der Waals surface area contributed by atoms with Gasteiger partial charge in [-0.15, -0.1) is 11.3 Å². The highest BCUT2D eigenvalue weighted by Crippen LogP contribution is 2.42. The lowest BCUT2D eigenvalue weighted by atomic mass is 10.0. The predicted molar refractivity (Wildman–Crippen MR) is 165 cm³/mol. The summed E-state index contributed by atoms with van der Waals surface area (Å²) in [6.07, 6.45) is 3.48. The second-order valence-electron chi connectivity index (χ2n) is 10.6. The summed E-state index contributed by atoms with van der Waals surface area (Å²) in [5, 5.41) is 9.10. The van der Waals surface area contributed by atoms with Gasteiger partial charge in [-0.2, -0.15) is 0 Å². The van der Waals surface area contributed by atoms with Crippen LogP contribution in [0.2, 0.25) is 0 Å². The molecule has 3 aromatic carbocycles. The first-order valence-corrected chi connectivity index (χ1v) is 14.8. The molecule has 0 saturated carbocycles. The summed E-state index contributed by atoms with van der Waals surface area (Å²) in [6.45, 7) is 8.84. The maximum absolute atomic E-state index is 14.0. The molecule has 5 nitrogen and oxygen atoms in total. The normalized spacial score (nSPS) is 16.8. The van der Waals surface area contributed by atoms with Crippen LogP contribution in [0.25, 0.3) is 11.1 Å². The van der Waals surface area contributed by atoms with Crippen molar-refractivity contribution in [2.24, 2.45) is 4.99 Å². The van der Waals surface area contributed by atoms with Crippen molar-refractivity contribution in [3.63, 3.8) is 0 Å². The van der Waals surface area contributed by atoms with E-state index >= 15 is 0 Å². The zero-order chi connectivity index (χ0) is 28.3. The second-order valence-corrected chi connectivity index (χ2v) is 11.5. The van der Waals surface area contributed by atoms with E-state index in [4.69, 9.17) is 4.99 Å². The molecule has 2 aliphatic rings. The number of thiophene rings is 1. The lowest BCUT2D eigenvalue weighted by Gasteiger charge is -2.41. The highest BCUT2D eigenvalue weighted by molar-refractivity contribution is 7.11. The van der Waals surface area contributed by atoms with Crippen molar-refractivity contribution in [2.45, 2.75) is 38.5 Å². The lowest BCUT2D eigenvalue weighted by Crippen LogP contribution is -2.46. The fraction of sp³-hybridized carbons (Fsp3) is 0.242. The Morgan fingerprint density at radius 3 is 2.56 bits per heavy atom. The van der Waals surface area contributed by atoms with Gasteiger partial charge >= 0.3 is 0 Å². The van der Waals surface area contributed by atoms with Gasteiger partial charge in [0, 0.05) is 42.3 Å². The van der Waals surface area contributed by atoms with Crippen LogP contribution in [0.15, 0.2) is 95.6 Å². The van der Waals surface area contributed by atoms with E-state index in [1.807, 2.05) is 24.3 Å². The van der Waals surface area contributed by atoms with Gasteiger partial charge in [0.1, 0.15) is 23.6 Å². The van der Waals surface area contributed by atoms with Crippen LogP contribution in [0.1, 0.15) is 35.0 Å². The van der Waals surface area contributed by atoms with Crippen molar-refractivity contribution in [3.05, 3.63) is 118 Å². The highest BCUT2D eigenvalue weighted by Gasteiger charge is 2.29. The van der Waals surface area contributed by atoms with Crippen LogP contribution < -0.4 is 15.5 Å². The number of hydrogen-bond donors (Lipinski definition) is 2. The summed E-state index contributed by atoms with van der Waals surface area (Å²) in [5.41, 5.74) is 5.96. The molecular formula is C33H33F2N5S. The molecule has 0 bridgehead atoms. The molecule has 4 aromatic rings. The average molecular weight is 570 g/mol. The molecule has 1 saturated heterocycles. The Labute approximate surface area is 243 Å². The third-order valence-electron chi connectivity index (χ3n) is 7.84. The summed E-state index contributed by atoms with van der Waals surface area (Å²) in [6, 6.07) is 22.0. The van der Waals surface area contributed by atoms with E-state index in [1.54, 1.807) is 41.9 Å². The van der Waals surface area contributed by atoms with Gasteiger partial charge in [-0.1, -0.05) is 49.0 Å². The molecule has 2 N–H and O–H groups in total. The first kappa shape index (κ1) is 27.2. The van der Waals surface area contributed by atoms with Gasteiger partial charge in [-0.3, -0.25) is 10.3 Å². The molecule has 0 spiro atoms. The maximum atomic E-state index is 14.0. The van der Waals surface area contributed by atoms with Crippen LogP contribution in [0, 0.1) is 18.6 Å². The maximum Gasteiger partial charge on any atom is 0.138 e. The number of benzene rings is 3. The Bertz CT molecular complexity index is 1570. The van der Waals surface area contributed by atoms with Gasteiger partial charge in [0.15, 0.2) is 0 Å². The number of aryl methyl sites for hydroxylation is 1. The molecule has 0 radical (unpaired) electrons. The van der Waals surface area contributed by atoms with E-state index in [9.17, 15) is 8.78 Å². The van der Waals surface area contributed by atoms with E-state index in [0.29, 0.717) is 12.6 Å². The molecule has 3 heterocycles.